The lowest BCUT2D eigenvalue weighted by molar-refractivity contribution is -0.140. The van der Waals surface area contributed by atoms with Gasteiger partial charge in [0.05, 0.1) is 7.11 Å². The minimum atomic E-state index is -0.272. The van der Waals surface area contributed by atoms with Gasteiger partial charge < -0.3 is 4.74 Å². The Morgan fingerprint density at radius 1 is 1.00 bits per heavy atom. The summed E-state index contributed by atoms with van der Waals surface area (Å²) in [5.74, 6) is -0.207. The van der Waals surface area contributed by atoms with Crippen molar-refractivity contribution in [3.05, 3.63) is 48.0 Å². The molecule has 0 heterocycles. The van der Waals surface area contributed by atoms with Crippen LogP contribution in [0, 0.1) is 0 Å². The lowest BCUT2D eigenvalue weighted by Crippen LogP contribution is -2.03. The molecular weight excluding hydrogens is 240 g/mol. The van der Waals surface area contributed by atoms with Gasteiger partial charge in [0.2, 0.25) is 0 Å². The number of ketones is 1. The van der Waals surface area contributed by atoms with E-state index in [0.29, 0.717) is 18.4 Å². The Hall–Kier alpha value is -2.16. The summed E-state index contributed by atoms with van der Waals surface area (Å²) >= 11 is 0. The van der Waals surface area contributed by atoms with E-state index in [1.807, 2.05) is 42.5 Å². The molecule has 0 unspecified atom stereocenters. The average Bonchev–Trinajstić information content (AvgIpc) is 2.46. The molecule has 2 aromatic rings. The molecule has 0 aliphatic rings. The molecule has 0 saturated carbocycles. The minimum absolute atomic E-state index is 0.0645. The summed E-state index contributed by atoms with van der Waals surface area (Å²) < 4.78 is 4.55. The van der Waals surface area contributed by atoms with E-state index in [1.165, 1.54) is 7.11 Å². The highest BCUT2D eigenvalue weighted by molar-refractivity contribution is 6.00. The Kier molecular flexibility index (Phi) is 4.29. The van der Waals surface area contributed by atoms with Crippen molar-refractivity contribution in [3.63, 3.8) is 0 Å². The fourth-order valence-corrected chi connectivity index (χ4v) is 2.00. The van der Waals surface area contributed by atoms with Crippen molar-refractivity contribution in [2.75, 3.05) is 7.11 Å². The average molecular weight is 256 g/mol. The van der Waals surface area contributed by atoms with Crippen LogP contribution in [0.15, 0.2) is 42.5 Å². The first-order valence-electron chi connectivity index (χ1n) is 6.29. The Labute approximate surface area is 112 Å². The van der Waals surface area contributed by atoms with Crippen LogP contribution in [0.2, 0.25) is 0 Å². The molecule has 19 heavy (non-hydrogen) atoms. The second kappa shape index (κ2) is 6.14. The van der Waals surface area contributed by atoms with Crippen LogP contribution in [0.5, 0.6) is 0 Å². The minimum Gasteiger partial charge on any atom is -0.469 e. The molecule has 0 atom stereocenters. The summed E-state index contributed by atoms with van der Waals surface area (Å²) in [6, 6.07) is 13.6. The largest absolute Gasteiger partial charge is 0.469 e. The maximum absolute atomic E-state index is 12.0. The predicted molar refractivity (Wildman–Crippen MR) is 74.1 cm³/mol. The number of esters is 1. The van der Waals surface area contributed by atoms with Crippen molar-refractivity contribution in [1.29, 1.82) is 0 Å². The molecule has 0 saturated heterocycles. The second-order valence-corrected chi connectivity index (χ2v) is 4.41. The predicted octanol–water partition coefficient (Wildman–Crippen LogP) is 3.37. The number of carbonyl (C=O) groups excluding carboxylic acids is 2. The van der Waals surface area contributed by atoms with Crippen molar-refractivity contribution in [2.45, 2.75) is 19.3 Å². The molecule has 2 aromatic carbocycles. The third-order valence-corrected chi connectivity index (χ3v) is 3.08. The van der Waals surface area contributed by atoms with Gasteiger partial charge in [-0.05, 0) is 23.3 Å². The van der Waals surface area contributed by atoms with Gasteiger partial charge in [-0.2, -0.15) is 0 Å². The molecule has 0 spiro atoms. The zero-order valence-corrected chi connectivity index (χ0v) is 10.9. The first kappa shape index (κ1) is 13.3. The number of fused-ring (bicyclic) bond motifs is 1. The zero-order valence-electron chi connectivity index (χ0n) is 10.9. The third-order valence-electron chi connectivity index (χ3n) is 3.08. The molecule has 0 aliphatic heterocycles. The number of hydrogen-bond acceptors (Lipinski definition) is 3. The number of ether oxygens (including phenoxy) is 1. The van der Waals surface area contributed by atoms with Gasteiger partial charge in [-0.3, -0.25) is 9.59 Å². The van der Waals surface area contributed by atoms with Gasteiger partial charge in [-0.25, -0.2) is 0 Å². The highest BCUT2D eigenvalue weighted by Crippen LogP contribution is 2.17. The summed E-state index contributed by atoms with van der Waals surface area (Å²) in [4.78, 5) is 23.0. The zero-order chi connectivity index (χ0) is 13.7. The normalized spacial score (nSPS) is 10.4. The molecule has 0 aliphatic carbocycles. The van der Waals surface area contributed by atoms with Crippen LogP contribution in [-0.2, 0) is 9.53 Å². The number of Topliss-reactive ketones (excluding diaryl/α,β-unsaturated/α-hetero) is 1. The maximum Gasteiger partial charge on any atom is 0.305 e. The molecule has 0 radical (unpaired) electrons. The first-order valence-corrected chi connectivity index (χ1v) is 6.29. The number of rotatable bonds is 5. The molecule has 0 N–H and O–H groups in total. The van der Waals surface area contributed by atoms with Gasteiger partial charge in [0.15, 0.2) is 5.78 Å². The fraction of sp³-hybridized carbons (Fsp3) is 0.250. The molecular formula is C16H16O3. The molecule has 0 bridgehead atoms. The molecule has 2 rings (SSSR count). The van der Waals surface area contributed by atoms with E-state index in [2.05, 4.69) is 4.74 Å². The van der Waals surface area contributed by atoms with Gasteiger partial charge in [0, 0.05) is 18.4 Å². The molecule has 3 nitrogen and oxygen atoms in total. The van der Waals surface area contributed by atoms with E-state index in [-0.39, 0.29) is 18.2 Å². The topological polar surface area (TPSA) is 43.4 Å². The Morgan fingerprint density at radius 2 is 1.74 bits per heavy atom. The standard InChI is InChI=1S/C16H16O3/c1-19-16(18)8-4-7-15(17)14-10-9-12-5-2-3-6-13(12)11-14/h2-3,5-6,9-11H,4,7-8H2,1H3. The van der Waals surface area contributed by atoms with E-state index in [0.717, 1.165) is 10.8 Å². The van der Waals surface area contributed by atoms with E-state index in [4.69, 9.17) is 0 Å². The van der Waals surface area contributed by atoms with Crippen LogP contribution in [0.3, 0.4) is 0 Å². The number of benzene rings is 2. The van der Waals surface area contributed by atoms with Crippen molar-refractivity contribution >= 4 is 22.5 Å². The van der Waals surface area contributed by atoms with Crippen molar-refractivity contribution in [1.82, 2.24) is 0 Å². The molecule has 98 valence electrons. The van der Waals surface area contributed by atoms with Crippen LogP contribution in [0.4, 0.5) is 0 Å². The summed E-state index contributed by atoms with van der Waals surface area (Å²) in [7, 11) is 1.35. The van der Waals surface area contributed by atoms with Crippen molar-refractivity contribution in [3.8, 4) is 0 Å². The van der Waals surface area contributed by atoms with Gasteiger partial charge >= 0.3 is 5.97 Å². The van der Waals surface area contributed by atoms with Crippen LogP contribution < -0.4 is 0 Å². The fourth-order valence-electron chi connectivity index (χ4n) is 2.00. The van der Waals surface area contributed by atoms with Crippen LogP contribution in [0.1, 0.15) is 29.6 Å². The van der Waals surface area contributed by atoms with E-state index < -0.39 is 0 Å². The highest BCUT2D eigenvalue weighted by Gasteiger charge is 2.08. The van der Waals surface area contributed by atoms with Crippen molar-refractivity contribution < 1.29 is 14.3 Å². The third kappa shape index (κ3) is 3.41. The SMILES string of the molecule is COC(=O)CCCC(=O)c1ccc2ccccc2c1. The molecule has 0 fully saturated rings. The van der Waals surface area contributed by atoms with E-state index >= 15 is 0 Å². The number of methoxy groups -OCH3 is 1. The maximum atomic E-state index is 12.0. The van der Waals surface area contributed by atoms with E-state index in [1.54, 1.807) is 0 Å². The quantitative estimate of drug-likeness (QED) is 0.608. The summed E-state index contributed by atoms with van der Waals surface area (Å²) in [6.45, 7) is 0. The van der Waals surface area contributed by atoms with E-state index in [9.17, 15) is 9.59 Å². The van der Waals surface area contributed by atoms with Gasteiger partial charge in [-0.1, -0.05) is 36.4 Å². The number of carbonyl (C=O) groups is 2. The lowest BCUT2D eigenvalue weighted by atomic mass is 10.0. The first-order chi connectivity index (χ1) is 9.20. The van der Waals surface area contributed by atoms with Crippen molar-refractivity contribution in [2.24, 2.45) is 0 Å². The lowest BCUT2D eigenvalue weighted by Gasteiger charge is -2.03. The van der Waals surface area contributed by atoms with Gasteiger partial charge in [0.25, 0.3) is 0 Å². The highest BCUT2D eigenvalue weighted by atomic mass is 16.5. The summed E-state index contributed by atoms with van der Waals surface area (Å²) in [6.07, 6.45) is 1.18. The molecule has 0 amide bonds. The summed E-state index contributed by atoms with van der Waals surface area (Å²) in [5.41, 5.74) is 0.698. The Bertz CT molecular complexity index is 602. The molecule has 3 heteroatoms. The Balaban J connectivity index is 2.03. The second-order valence-electron chi connectivity index (χ2n) is 4.41. The van der Waals surface area contributed by atoms with Gasteiger partial charge in [0.1, 0.15) is 0 Å². The van der Waals surface area contributed by atoms with Gasteiger partial charge in [-0.15, -0.1) is 0 Å². The number of hydrogen-bond donors (Lipinski definition) is 0. The van der Waals surface area contributed by atoms with Crippen LogP contribution in [0.25, 0.3) is 10.8 Å². The smallest absolute Gasteiger partial charge is 0.305 e. The molecule has 0 aromatic heterocycles. The van der Waals surface area contributed by atoms with Crippen LogP contribution in [-0.4, -0.2) is 18.9 Å². The monoisotopic (exact) mass is 256 g/mol. The van der Waals surface area contributed by atoms with Crippen LogP contribution >= 0.6 is 0 Å². The summed E-state index contributed by atoms with van der Waals surface area (Å²) in [5, 5.41) is 2.18. The Morgan fingerprint density at radius 3 is 2.47 bits per heavy atom.